The SMILES string of the molecule is CC(C)(C)OC(=O)Nc1ncnc2c1ncn2[C@H]1C[C@@H](O[Si](C)(C)C(C)(C)C)[C@@H](CO[Si](C)(C)C(C)(C)C)O1. The molecule has 1 fully saturated rings. The summed E-state index contributed by atoms with van der Waals surface area (Å²) in [6.45, 7) is 28.4. The van der Waals surface area contributed by atoms with Crippen molar-refractivity contribution in [3.05, 3.63) is 12.7 Å². The number of nitrogens with zero attached hydrogens (tertiary/aromatic N) is 4. The van der Waals surface area contributed by atoms with E-state index >= 15 is 0 Å². The first kappa shape index (κ1) is 31.7. The van der Waals surface area contributed by atoms with Gasteiger partial charge in [0.05, 0.1) is 19.0 Å². The third-order valence-electron chi connectivity index (χ3n) is 8.14. The van der Waals surface area contributed by atoms with E-state index in [9.17, 15) is 4.79 Å². The van der Waals surface area contributed by atoms with E-state index in [0.717, 1.165) is 0 Å². The topological polar surface area (TPSA) is 110 Å². The highest BCUT2D eigenvalue weighted by molar-refractivity contribution is 6.74. The Hall–Kier alpha value is -1.87. The minimum absolute atomic E-state index is 0.0626. The maximum Gasteiger partial charge on any atom is 0.413 e. The normalized spacial score (nSPS) is 21.4. The van der Waals surface area contributed by atoms with Crippen LogP contribution in [-0.2, 0) is 18.3 Å². The number of rotatable bonds is 7. The number of aromatic nitrogens is 4. The summed E-state index contributed by atoms with van der Waals surface area (Å²) in [5, 5.41) is 2.85. The van der Waals surface area contributed by atoms with Crippen molar-refractivity contribution in [1.29, 1.82) is 0 Å². The number of hydrogen-bond donors (Lipinski definition) is 1. The maximum atomic E-state index is 12.4. The first-order valence-electron chi connectivity index (χ1n) is 13.8. The summed E-state index contributed by atoms with van der Waals surface area (Å²) < 4.78 is 27.4. The van der Waals surface area contributed by atoms with Gasteiger partial charge in [-0.1, -0.05) is 41.5 Å². The first-order valence-corrected chi connectivity index (χ1v) is 19.6. The molecule has 2 aromatic heterocycles. The second-order valence-electron chi connectivity index (χ2n) is 14.5. The zero-order valence-electron chi connectivity index (χ0n) is 26.1. The molecule has 3 heterocycles. The van der Waals surface area contributed by atoms with E-state index in [4.69, 9.17) is 18.3 Å². The smallest absolute Gasteiger partial charge is 0.413 e. The summed E-state index contributed by atoms with van der Waals surface area (Å²) in [6.07, 6.45) is 2.44. The van der Waals surface area contributed by atoms with Crippen LogP contribution in [0.2, 0.25) is 36.3 Å². The highest BCUT2D eigenvalue weighted by Gasteiger charge is 2.47. The van der Waals surface area contributed by atoms with Crippen molar-refractivity contribution in [2.45, 2.75) is 129 Å². The number of imidazole rings is 1. The summed E-state index contributed by atoms with van der Waals surface area (Å²) in [6, 6.07) is 0. The molecule has 39 heavy (non-hydrogen) atoms. The van der Waals surface area contributed by atoms with E-state index in [2.05, 4.69) is 88.0 Å². The highest BCUT2D eigenvalue weighted by atomic mass is 28.4. The van der Waals surface area contributed by atoms with Crippen molar-refractivity contribution in [2.24, 2.45) is 0 Å². The van der Waals surface area contributed by atoms with Crippen molar-refractivity contribution in [2.75, 3.05) is 11.9 Å². The Kier molecular flexibility index (Phi) is 8.80. The second kappa shape index (κ2) is 10.8. The van der Waals surface area contributed by atoms with E-state index in [1.54, 1.807) is 6.33 Å². The standard InChI is InChI=1S/C27H49N5O5Si2/c1-25(2,3)36-24(33)31-22-21-23(29-16-28-22)32(17-30-21)20-14-18(37-39(12,13)27(7,8)9)19(35-20)15-34-38(10,11)26(4,5)6/h16-20H,14-15H2,1-13H3,(H,28,29,31,33)/t18-,19-,20-/m1/s1. The third kappa shape index (κ3) is 7.46. The van der Waals surface area contributed by atoms with Crippen LogP contribution in [-0.4, -0.2) is 66.7 Å². The summed E-state index contributed by atoms with van der Waals surface area (Å²) in [7, 11) is -4.06. The summed E-state index contributed by atoms with van der Waals surface area (Å²) in [4.78, 5) is 25.6. The van der Waals surface area contributed by atoms with Gasteiger partial charge in [-0.2, -0.15) is 0 Å². The first-order chi connectivity index (χ1) is 17.6. The molecular formula is C27H49N5O5Si2. The molecule has 10 nitrogen and oxygen atoms in total. The number of amides is 1. The van der Waals surface area contributed by atoms with Gasteiger partial charge in [-0.15, -0.1) is 0 Å². The van der Waals surface area contributed by atoms with E-state index in [1.807, 2.05) is 25.3 Å². The molecule has 1 aliphatic heterocycles. The largest absolute Gasteiger partial charge is 0.444 e. The van der Waals surface area contributed by atoms with E-state index in [1.165, 1.54) is 6.33 Å². The van der Waals surface area contributed by atoms with E-state index < -0.39 is 28.3 Å². The Morgan fingerprint density at radius 2 is 1.62 bits per heavy atom. The Bertz CT molecular complexity index is 1160. The van der Waals surface area contributed by atoms with Crippen molar-refractivity contribution >= 4 is 39.7 Å². The molecule has 1 amide bonds. The van der Waals surface area contributed by atoms with Gasteiger partial charge in [0, 0.05) is 6.42 Å². The molecule has 0 saturated carbocycles. The lowest BCUT2D eigenvalue weighted by Crippen LogP contribution is -2.48. The molecular weight excluding hydrogens is 530 g/mol. The molecule has 220 valence electrons. The fraction of sp³-hybridized carbons (Fsp3) is 0.778. The fourth-order valence-corrected chi connectivity index (χ4v) is 6.13. The van der Waals surface area contributed by atoms with Crippen LogP contribution in [0.1, 0.15) is 75.0 Å². The minimum atomic E-state index is -2.07. The van der Waals surface area contributed by atoms with Crippen molar-refractivity contribution in [1.82, 2.24) is 19.5 Å². The highest BCUT2D eigenvalue weighted by Crippen LogP contribution is 2.43. The molecule has 12 heteroatoms. The predicted molar refractivity (Wildman–Crippen MR) is 159 cm³/mol. The molecule has 2 aromatic rings. The maximum absolute atomic E-state index is 12.4. The Morgan fingerprint density at radius 3 is 2.18 bits per heavy atom. The molecule has 1 N–H and O–H groups in total. The number of carbonyl (C=O) groups excluding carboxylic acids is 1. The molecule has 0 aliphatic carbocycles. The van der Waals surface area contributed by atoms with Crippen LogP contribution < -0.4 is 5.32 Å². The van der Waals surface area contributed by atoms with Gasteiger partial charge in [0.1, 0.15) is 24.3 Å². The summed E-state index contributed by atoms with van der Waals surface area (Å²) >= 11 is 0. The molecule has 3 rings (SSSR count). The Morgan fingerprint density at radius 1 is 1.00 bits per heavy atom. The van der Waals surface area contributed by atoms with Crippen LogP contribution in [0.5, 0.6) is 0 Å². The van der Waals surface area contributed by atoms with Crippen LogP contribution in [0, 0.1) is 0 Å². The van der Waals surface area contributed by atoms with Gasteiger partial charge in [-0.25, -0.2) is 19.7 Å². The lowest BCUT2D eigenvalue weighted by molar-refractivity contribution is -0.0383. The Balaban J connectivity index is 1.88. The fourth-order valence-electron chi connectivity index (χ4n) is 3.76. The predicted octanol–water partition coefficient (Wildman–Crippen LogP) is 6.87. The quantitative estimate of drug-likeness (QED) is 0.354. The van der Waals surface area contributed by atoms with Gasteiger partial charge >= 0.3 is 6.09 Å². The second-order valence-corrected chi connectivity index (χ2v) is 24.1. The average Bonchev–Trinajstić information content (AvgIpc) is 3.33. The average molecular weight is 580 g/mol. The van der Waals surface area contributed by atoms with Crippen LogP contribution >= 0.6 is 0 Å². The van der Waals surface area contributed by atoms with Crippen molar-refractivity contribution in [3.8, 4) is 0 Å². The van der Waals surface area contributed by atoms with Crippen LogP contribution in [0.15, 0.2) is 12.7 Å². The van der Waals surface area contributed by atoms with Gasteiger partial charge in [-0.3, -0.25) is 9.88 Å². The lowest BCUT2D eigenvalue weighted by Gasteiger charge is -2.40. The lowest BCUT2D eigenvalue weighted by atomic mass is 10.2. The molecule has 0 radical (unpaired) electrons. The van der Waals surface area contributed by atoms with Crippen LogP contribution in [0.3, 0.4) is 0 Å². The van der Waals surface area contributed by atoms with Gasteiger partial charge < -0.3 is 18.3 Å². The van der Waals surface area contributed by atoms with E-state index in [-0.39, 0.29) is 34.3 Å². The monoisotopic (exact) mass is 579 g/mol. The number of nitrogens with one attached hydrogen (secondary N) is 1. The number of carbonyl (C=O) groups is 1. The zero-order chi connectivity index (χ0) is 29.6. The van der Waals surface area contributed by atoms with Crippen LogP contribution in [0.25, 0.3) is 11.2 Å². The van der Waals surface area contributed by atoms with Gasteiger partial charge in [0.2, 0.25) is 0 Å². The zero-order valence-corrected chi connectivity index (χ0v) is 28.1. The number of fused-ring (bicyclic) bond motifs is 1. The van der Waals surface area contributed by atoms with Gasteiger partial charge in [-0.05, 0) is 57.0 Å². The minimum Gasteiger partial charge on any atom is -0.444 e. The molecule has 0 bridgehead atoms. The summed E-state index contributed by atoms with van der Waals surface area (Å²) in [5.41, 5.74) is 0.404. The van der Waals surface area contributed by atoms with Gasteiger partial charge in [0.25, 0.3) is 0 Å². The van der Waals surface area contributed by atoms with Crippen molar-refractivity contribution < 1.29 is 23.1 Å². The molecule has 0 spiro atoms. The van der Waals surface area contributed by atoms with Crippen LogP contribution in [0.4, 0.5) is 10.6 Å². The Labute approximate surface area is 235 Å². The van der Waals surface area contributed by atoms with E-state index in [0.29, 0.717) is 24.2 Å². The molecule has 1 saturated heterocycles. The molecule has 0 unspecified atom stereocenters. The number of anilines is 1. The molecule has 1 aliphatic rings. The number of hydrogen-bond acceptors (Lipinski definition) is 8. The molecule has 0 aromatic carbocycles. The third-order valence-corrected chi connectivity index (χ3v) is 17.1. The van der Waals surface area contributed by atoms with Gasteiger partial charge in [0.15, 0.2) is 33.6 Å². The summed E-state index contributed by atoms with van der Waals surface area (Å²) in [5.74, 6) is 0.290. The van der Waals surface area contributed by atoms with Crippen molar-refractivity contribution in [3.63, 3.8) is 0 Å². The molecule has 3 atom stereocenters. The number of ether oxygens (including phenoxy) is 2.